The van der Waals surface area contributed by atoms with Gasteiger partial charge < -0.3 is 20.5 Å². The Morgan fingerprint density at radius 2 is 1.75 bits per heavy atom. The summed E-state index contributed by atoms with van der Waals surface area (Å²) in [7, 11) is 0. The van der Waals surface area contributed by atoms with Crippen molar-refractivity contribution in [2.45, 2.75) is 32.7 Å². The minimum atomic E-state index is -0.390. The predicted molar refractivity (Wildman–Crippen MR) is 154 cm³/mol. The van der Waals surface area contributed by atoms with Crippen molar-refractivity contribution in [3.05, 3.63) is 78.1 Å². The summed E-state index contributed by atoms with van der Waals surface area (Å²) in [6.07, 6.45) is 1.52. The minimum absolute atomic E-state index is 0.149. The van der Waals surface area contributed by atoms with E-state index in [2.05, 4.69) is 58.4 Å². The number of carbonyl (C=O) groups excluding carboxylic acids is 1. The Morgan fingerprint density at radius 3 is 2.42 bits per heavy atom. The van der Waals surface area contributed by atoms with Gasteiger partial charge in [0.2, 0.25) is 0 Å². The molecule has 40 heavy (non-hydrogen) atoms. The van der Waals surface area contributed by atoms with Crippen molar-refractivity contribution in [2.24, 2.45) is 0 Å². The first-order valence-corrected chi connectivity index (χ1v) is 13.2. The quantitative estimate of drug-likeness (QED) is 0.303. The van der Waals surface area contributed by atoms with Crippen molar-refractivity contribution in [1.82, 2.24) is 24.6 Å². The molecule has 4 N–H and O–H groups in total. The average molecular weight is 543 g/mol. The van der Waals surface area contributed by atoms with E-state index >= 15 is 0 Å². The van der Waals surface area contributed by atoms with Crippen LogP contribution in [-0.2, 0) is 16.7 Å². The summed E-state index contributed by atoms with van der Waals surface area (Å²) in [5.74, 6) is 1.40. The van der Waals surface area contributed by atoms with Gasteiger partial charge in [0, 0.05) is 43.0 Å². The first-order chi connectivity index (χ1) is 19.2. The van der Waals surface area contributed by atoms with Crippen LogP contribution >= 0.6 is 0 Å². The summed E-state index contributed by atoms with van der Waals surface area (Å²) in [6.45, 7) is 10.6. The number of urea groups is 1. The molecule has 208 valence electrons. The highest BCUT2D eigenvalue weighted by atomic mass is 16.5. The van der Waals surface area contributed by atoms with Crippen LogP contribution in [0.2, 0.25) is 0 Å². The molecule has 4 aromatic rings. The lowest BCUT2D eigenvalue weighted by atomic mass is 9.92. The number of benzene rings is 2. The molecule has 1 aliphatic rings. The van der Waals surface area contributed by atoms with Gasteiger partial charge in [-0.3, -0.25) is 10.2 Å². The molecule has 0 spiro atoms. The van der Waals surface area contributed by atoms with Crippen LogP contribution in [0.3, 0.4) is 0 Å². The van der Waals surface area contributed by atoms with Crippen LogP contribution in [0.4, 0.5) is 22.1 Å². The Kier molecular flexibility index (Phi) is 7.94. The van der Waals surface area contributed by atoms with Gasteiger partial charge in [0.05, 0.1) is 24.6 Å². The van der Waals surface area contributed by atoms with Gasteiger partial charge in [0.25, 0.3) is 0 Å². The number of aromatic nitrogens is 4. The van der Waals surface area contributed by atoms with E-state index in [1.165, 1.54) is 11.8 Å². The zero-order valence-corrected chi connectivity index (χ0v) is 22.9. The normalized spacial score (nSPS) is 14.1. The van der Waals surface area contributed by atoms with Gasteiger partial charge in [-0.05, 0) is 48.0 Å². The summed E-state index contributed by atoms with van der Waals surface area (Å²) in [6, 6.07) is 18.4. The van der Waals surface area contributed by atoms with E-state index in [-0.39, 0.29) is 11.4 Å². The SMILES string of the molecule is CC(C)(C)c1cc(NC(=O)Nc2ccc(Oc3nccc(N)n3)cc2)n(-c2ccc(CN3CCOCC3)cc2)n1. The third kappa shape index (κ3) is 6.93. The van der Waals surface area contributed by atoms with E-state index in [9.17, 15) is 4.79 Å². The number of amides is 2. The van der Waals surface area contributed by atoms with Gasteiger partial charge >= 0.3 is 12.0 Å². The molecule has 1 fully saturated rings. The van der Waals surface area contributed by atoms with E-state index in [1.807, 2.05) is 18.2 Å². The van der Waals surface area contributed by atoms with E-state index in [0.717, 1.165) is 44.2 Å². The van der Waals surface area contributed by atoms with Crippen LogP contribution in [0.15, 0.2) is 66.9 Å². The predicted octanol–water partition coefficient (Wildman–Crippen LogP) is 4.81. The highest BCUT2D eigenvalue weighted by molar-refractivity contribution is 5.99. The maximum absolute atomic E-state index is 13.0. The molecule has 0 radical (unpaired) electrons. The summed E-state index contributed by atoms with van der Waals surface area (Å²) < 4.78 is 12.8. The highest BCUT2D eigenvalue weighted by Crippen LogP contribution is 2.27. The van der Waals surface area contributed by atoms with E-state index in [1.54, 1.807) is 35.0 Å². The molecule has 0 unspecified atom stereocenters. The van der Waals surface area contributed by atoms with Crippen LogP contribution in [0.25, 0.3) is 5.69 Å². The smallest absolute Gasteiger partial charge is 0.324 e. The number of nitrogens with one attached hydrogen (secondary N) is 2. The lowest BCUT2D eigenvalue weighted by Gasteiger charge is -2.26. The first-order valence-electron chi connectivity index (χ1n) is 13.2. The number of anilines is 3. The topological polar surface area (TPSA) is 132 Å². The highest BCUT2D eigenvalue weighted by Gasteiger charge is 2.22. The van der Waals surface area contributed by atoms with Crippen molar-refractivity contribution in [3.63, 3.8) is 0 Å². The Labute approximate surface area is 233 Å². The molecule has 0 aliphatic carbocycles. The molecule has 2 amide bonds. The van der Waals surface area contributed by atoms with Gasteiger partial charge in [-0.2, -0.15) is 10.1 Å². The van der Waals surface area contributed by atoms with Gasteiger partial charge in [-0.1, -0.05) is 32.9 Å². The first kappa shape index (κ1) is 27.1. The fourth-order valence-corrected chi connectivity index (χ4v) is 4.19. The van der Waals surface area contributed by atoms with Crippen molar-refractivity contribution < 1.29 is 14.3 Å². The molecule has 3 heterocycles. The Bertz CT molecular complexity index is 1440. The Morgan fingerprint density at radius 1 is 1.02 bits per heavy atom. The number of nitrogens with two attached hydrogens (primary N) is 1. The zero-order chi connectivity index (χ0) is 28.1. The lowest BCUT2D eigenvalue weighted by molar-refractivity contribution is 0.0342. The van der Waals surface area contributed by atoms with Crippen molar-refractivity contribution in [3.8, 4) is 17.4 Å². The fraction of sp³-hybridized carbons (Fsp3) is 0.310. The molecular weight excluding hydrogens is 508 g/mol. The molecule has 2 aromatic heterocycles. The lowest BCUT2D eigenvalue weighted by Crippen LogP contribution is -2.35. The van der Waals surface area contributed by atoms with Crippen LogP contribution in [0.1, 0.15) is 32.0 Å². The zero-order valence-electron chi connectivity index (χ0n) is 22.9. The molecule has 5 rings (SSSR count). The standard InChI is InChI=1S/C29H34N8O3/c1-29(2,3)24-18-26(37(35-24)22-8-4-20(5-9-22)19-36-14-16-39-17-15-36)34-27(38)32-21-6-10-23(11-7-21)40-28-31-13-12-25(30)33-28/h4-13,18H,14-17,19H2,1-3H3,(H2,30,31,33)(H2,32,34,38). The third-order valence-electron chi connectivity index (χ3n) is 6.39. The summed E-state index contributed by atoms with van der Waals surface area (Å²) >= 11 is 0. The fourth-order valence-electron chi connectivity index (χ4n) is 4.19. The second-order valence-corrected chi connectivity index (χ2v) is 10.6. The Balaban J connectivity index is 1.27. The second kappa shape index (κ2) is 11.7. The monoisotopic (exact) mass is 542 g/mol. The third-order valence-corrected chi connectivity index (χ3v) is 6.39. The molecule has 2 aromatic carbocycles. The van der Waals surface area contributed by atoms with Crippen LogP contribution in [0.5, 0.6) is 11.8 Å². The van der Waals surface area contributed by atoms with E-state index in [0.29, 0.717) is 23.1 Å². The van der Waals surface area contributed by atoms with Crippen molar-refractivity contribution in [1.29, 1.82) is 0 Å². The summed E-state index contributed by atoms with van der Waals surface area (Å²) in [5.41, 5.74) is 9.01. The Hall–Kier alpha value is -4.48. The maximum atomic E-state index is 13.0. The molecule has 11 nitrogen and oxygen atoms in total. The molecule has 1 saturated heterocycles. The summed E-state index contributed by atoms with van der Waals surface area (Å²) in [5, 5.41) is 10.6. The number of nitrogen functional groups attached to an aromatic ring is 1. The number of ether oxygens (including phenoxy) is 2. The molecule has 0 atom stereocenters. The van der Waals surface area contributed by atoms with Crippen molar-refractivity contribution in [2.75, 3.05) is 42.7 Å². The van der Waals surface area contributed by atoms with Crippen LogP contribution < -0.4 is 21.1 Å². The van der Waals surface area contributed by atoms with E-state index in [4.69, 9.17) is 20.3 Å². The number of morpholine rings is 1. The molecule has 0 bridgehead atoms. The van der Waals surface area contributed by atoms with Gasteiger partial charge in [-0.25, -0.2) is 14.5 Å². The number of hydrogen-bond acceptors (Lipinski definition) is 8. The van der Waals surface area contributed by atoms with E-state index < -0.39 is 6.03 Å². The van der Waals surface area contributed by atoms with Gasteiger partial charge in [-0.15, -0.1) is 0 Å². The molecule has 0 saturated carbocycles. The second-order valence-electron chi connectivity index (χ2n) is 10.6. The average Bonchev–Trinajstić information content (AvgIpc) is 3.35. The number of carbonyl (C=O) groups is 1. The molecular formula is C29H34N8O3. The summed E-state index contributed by atoms with van der Waals surface area (Å²) in [4.78, 5) is 23.4. The largest absolute Gasteiger partial charge is 0.424 e. The van der Waals surface area contributed by atoms with Crippen molar-refractivity contribution >= 4 is 23.4 Å². The van der Waals surface area contributed by atoms with Gasteiger partial charge in [0.15, 0.2) is 0 Å². The van der Waals surface area contributed by atoms with Crippen LogP contribution in [-0.4, -0.2) is 57.0 Å². The molecule has 11 heteroatoms. The molecule has 1 aliphatic heterocycles. The number of hydrogen-bond donors (Lipinski definition) is 3. The van der Waals surface area contributed by atoms with Gasteiger partial charge in [0.1, 0.15) is 17.4 Å². The van der Waals surface area contributed by atoms with Crippen LogP contribution in [0, 0.1) is 0 Å². The number of nitrogens with zero attached hydrogens (tertiary/aromatic N) is 5. The maximum Gasteiger partial charge on any atom is 0.324 e. The minimum Gasteiger partial charge on any atom is -0.424 e. The number of rotatable bonds is 7.